The first kappa shape index (κ1) is 20.0. The molecule has 1 saturated heterocycles. The molecule has 1 aromatic heterocycles. The van der Waals surface area contributed by atoms with Crippen molar-refractivity contribution < 1.29 is 4.74 Å². The Balaban J connectivity index is 1.41. The van der Waals surface area contributed by atoms with Crippen molar-refractivity contribution in [3.05, 3.63) is 40.4 Å². The largest absolute Gasteiger partial charge is 0.379 e. The fourth-order valence-electron chi connectivity index (χ4n) is 2.43. The van der Waals surface area contributed by atoms with E-state index in [0.29, 0.717) is 15.4 Å². The molecule has 0 radical (unpaired) electrons. The number of halogens is 1. The van der Waals surface area contributed by atoms with Crippen LogP contribution in [-0.4, -0.2) is 60.6 Å². The van der Waals surface area contributed by atoms with Crippen LogP contribution in [0.3, 0.4) is 0 Å². The molecule has 1 fully saturated rings. The molecule has 0 unspecified atom stereocenters. The number of aromatic nitrogens is 1. The third kappa shape index (κ3) is 6.71. The molecule has 1 aliphatic heterocycles. The number of thiazole rings is 1. The molecule has 3 rings (SSSR count). The highest BCUT2D eigenvalue weighted by atomic mass is 35.5. The summed E-state index contributed by atoms with van der Waals surface area (Å²) in [6, 6.07) is 9.80. The first-order chi connectivity index (χ1) is 13.2. The van der Waals surface area contributed by atoms with Crippen LogP contribution in [0.15, 0.2) is 35.4 Å². The van der Waals surface area contributed by atoms with Crippen LogP contribution in [0.25, 0.3) is 0 Å². The zero-order valence-electron chi connectivity index (χ0n) is 14.7. The molecule has 144 valence electrons. The van der Waals surface area contributed by atoms with Gasteiger partial charge >= 0.3 is 0 Å². The second kappa shape index (κ2) is 10.5. The normalized spacial score (nSPS) is 15.0. The number of hydrazone groups is 1. The van der Waals surface area contributed by atoms with Gasteiger partial charge in [0.15, 0.2) is 15.4 Å². The highest BCUT2D eigenvalue weighted by Crippen LogP contribution is 2.27. The summed E-state index contributed by atoms with van der Waals surface area (Å²) < 4.78 is 5.33. The summed E-state index contributed by atoms with van der Waals surface area (Å²) >= 11 is 12.8. The van der Waals surface area contributed by atoms with Crippen LogP contribution in [0.4, 0.5) is 10.8 Å². The molecule has 10 heteroatoms. The number of nitrogens with zero attached hydrogens (tertiary/aromatic N) is 3. The minimum absolute atomic E-state index is 0.398. The van der Waals surface area contributed by atoms with E-state index in [0.717, 1.165) is 50.0 Å². The van der Waals surface area contributed by atoms with Crippen molar-refractivity contribution in [2.75, 3.05) is 44.7 Å². The van der Waals surface area contributed by atoms with E-state index in [1.165, 1.54) is 11.3 Å². The Morgan fingerprint density at radius 3 is 2.89 bits per heavy atom. The van der Waals surface area contributed by atoms with Gasteiger partial charge < -0.3 is 15.4 Å². The number of hydrogen-bond acceptors (Lipinski definition) is 7. The Bertz CT molecular complexity index is 764. The topological polar surface area (TPSA) is 73.8 Å². The fourth-order valence-corrected chi connectivity index (χ4v) is 3.64. The van der Waals surface area contributed by atoms with Crippen molar-refractivity contribution in [3.63, 3.8) is 0 Å². The number of benzene rings is 1. The van der Waals surface area contributed by atoms with E-state index >= 15 is 0 Å². The van der Waals surface area contributed by atoms with Gasteiger partial charge in [-0.3, -0.25) is 10.3 Å². The second-order valence-corrected chi connectivity index (χ2v) is 7.54. The highest BCUT2D eigenvalue weighted by molar-refractivity contribution is 7.80. The summed E-state index contributed by atoms with van der Waals surface area (Å²) in [6.45, 7) is 5.19. The third-order valence-corrected chi connectivity index (χ3v) is 5.34. The van der Waals surface area contributed by atoms with Gasteiger partial charge in [0.05, 0.1) is 24.3 Å². The lowest BCUT2D eigenvalue weighted by Gasteiger charge is -2.26. The Labute approximate surface area is 172 Å². The van der Waals surface area contributed by atoms with Crippen molar-refractivity contribution >= 4 is 57.3 Å². The van der Waals surface area contributed by atoms with E-state index in [1.807, 2.05) is 30.3 Å². The number of hydrogen-bond donors (Lipinski definition) is 3. The van der Waals surface area contributed by atoms with E-state index < -0.39 is 0 Å². The zero-order valence-corrected chi connectivity index (χ0v) is 17.0. The van der Waals surface area contributed by atoms with Gasteiger partial charge in [0, 0.05) is 31.9 Å². The predicted molar refractivity (Wildman–Crippen MR) is 115 cm³/mol. The molecule has 0 aliphatic carbocycles. The number of morpholine rings is 1. The molecular weight excluding hydrogens is 404 g/mol. The first-order valence-electron chi connectivity index (χ1n) is 8.56. The minimum Gasteiger partial charge on any atom is -0.379 e. The van der Waals surface area contributed by atoms with Crippen molar-refractivity contribution in [2.24, 2.45) is 5.10 Å². The zero-order chi connectivity index (χ0) is 18.9. The van der Waals surface area contributed by atoms with Crippen molar-refractivity contribution in [2.45, 2.75) is 0 Å². The molecule has 0 spiro atoms. The maximum Gasteiger partial charge on any atom is 0.189 e. The number of ether oxygens (including phenoxy) is 1. The molecule has 27 heavy (non-hydrogen) atoms. The van der Waals surface area contributed by atoms with E-state index in [9.17, 15) is 0 Å². The van der Waals surface area contributed by atoms with Crippen molar-refractivity contribution in [1.29, 1.82) is 0 Å². The van der Waals surface area contributed by atoms with Gasteiger partial charge in [-0.1, -0.05) is 41.1 Å². The second-order valence-electron chi connectivity index (χ2n) is 5.75. The summed E-state index contributed by atoms with van der Waals surface area (Å²) in [4.78, 5) is 7.38. The Hall–Kier alpha value is -1.78. The third-order valence-electron chi connectivity index (χ3n) is 3.80. The van der Waals surface area contributed by atoms with Gasteiger partial charge in [-0.25, -0.2) is 4.98 Å². The number of anilines is 2. The summed E-state index contributed by atoms with van der Waals surface area (Å²) in [5.74, 6) is 0. The minimum atomic E-state index is 0.398. The molecular formula is C17H21ClN6OS2. The number of nitrogens with one attached hydrogen (secondary N) is 3. The highest BCUT2D eigenvalue weighted by Gasteiger charge is 2.10. The van der Waals surface area contributed by atoms with Crippen LogP contribution in [0.1, 0.15) is 4.88 Å². The fraction of sp³-hybridized carbons (Fsp3) is 0.353. The quantitative estimate of drug-likeness (QED) is 0.358. The number of rotatable bonds is 7. The molecule has 3 N–H and O–H groups in total. The van der Waals surface area contributed by atoms with Gasteiger partial charge in [-0.05, 0) is 24.4 Å². The SMILES string of the molecule is S=C(NCCN1CCOCC1)NN=Cc1sc(Nc2ccccc2)nc1Cl. The standard InChI is InChI=1S/C17H21ClN6OS2/c18-15-14(27-17(22-15)21-13-4-2-1-3-5-13)12-20-23-16(26)19-6-7-24-8-10-25-11-9-24/h1-5,12H,6-11H2,(H,21,22)(H2,19,23,26). The molecule has 0 amide bonds. The molecule has 2 heterocycles. The summed E-state index contributed by atoms with van der Waals surface area (Å²) in [5.41, 5.74) is 3.76. The Kier molecular flexibility index (Phi) is 7.79. The molecule has 7 nitrogen and oxygen atoms in total. The molecule has 0 atom stereocenters. The molecule has 0 bridgehead atoms. The van der Waals surface area contributed by atoms with Crippen LogP contribution in [-0.2, 0) is 4.74 Å². The average Bonchev–Trinajstić information content (AvgIpc) is 3.02. The van der Waals surface area contributed by atoms with Crippen molar-refractivity contribution in [1.82, 2.24) is 20.6 Å². The smallest absolute Gasteiger partial charge is 0.189 e. The summed E-state index contributed by atoms with van der Waals surface area (Å²) in [7, 11) is 0. The van der Waals surface area contributed by atoms with Crippen LogP contribution < -0.4 is 16.1 Å². The summed E-state index contributed by atoms with van der Waals surface area (Å²) in [5, 5.41) is 12.1. The Morgan fingerprint density at radius 2 is 2.11 bits per heavy atom. The van der Waals surface area contributed by atoms with Gasteiger partial charge in [0.1, 0.15) is 0 Å². The number of para-hydroxylation sites is 1. The maximum absolute atomic E-state index is 6.17. The van der Waals surface area contributed by atoms with Gasteiger partial charge in [0.2, 0.25) is 0 Å². The van der Waals surface area contributed by atoms with E-state index in [2.05, 4.69) is 31.0 Å². The molecule has 0 saturated carbocycles. The lowest BCUT2D eigenvalue weighted by molar-refractivity contribution is 0.0389. The lowest BCUT2D eigenvalue weighted by Crippen LogP contribution is -2.42. The first-order valence-corrected chi connectivity index (χ1v) is 10.2. The van der Waals surface area contributed by atoms with Crippen LogP contribution in [0.2, 0.25) is 5.15 Å². The van der Waals surface area contributed by atoms with Gasteiger partial charge in [-0.15, -0.1) is 0 Å². The molecule has 1 aromatic carbocycles. The van der Waals surface area contributed by atoms with E-state index in [4.69, 9.17) is 28.6 Å². The van der Waals surface area contributed by atoms with Gasteiger partial charge in [0.25, 0.3) is 0 Å². The van der Waals surface area contributed by atoms with Crippen LogP contribution >= 0.6 is 35.2 Å². The van der Waals surface area contributed by atoms with Gasteiger partial charge in [-0.2, -0.15) is 5.10 Å². The molecule has 1 aliphatic rings. The van der Waals surface area contributed by atoms with E-state index in [1.54, 1.807) is 6.21 Å². The monoisotopic (exact) mass is 424 g/mol. The number of thiocarbonyl (C=S) groups is 1. The average molecular weight is 425 g/mol. The van der Waals surface area contributed by atoms with E-state index in [-0.39, 0.29) is 0 Å². The van der Waals surface area contributed by atoms with Crippen LogP contribution in [0, 0.1) is 0 Å². The Morgan fingerprint density at radius 1 is 1.33 bits per heavy atom. The van der Waals surface area contributed by atoms with Crippen LogP contribution in [0.5, 0.6) is 0 Å². The predicted octanol–water partition coefficient (Wildman–Crippen LogP) is 2.67. The lowest BCUT2D eigenvalue weighted by atomic mass is 10.3. The summed E-state index contributed by atoms with van der Waals surface area (Å²) in [6.07, 6.45) is 1.62. The maximum atomic E-state index is 6.17. The van der Waals surface area contributed by atoms with Crippen molar-refractivity contribution in [3.8, 4) is 0 Å². The molecule has 2 aromatic rings.